The number of ether oxygens (including phenoxy) is 1. The van der Waals surface area contributed by atoms with Crippen molar-refractivity contribution in [3.8, 4) is 0 Å². The van der Waals surface area contributed by atoms with Crippen LogP contribution in [0.4, 0.5) is 0 Å². The van der Waals surface area contributed by atoms with E-state index in [2.05, 4.69) is 29.1 Å². The maximum atomic E-state index is 13.2. The summed E-state index contributed by atoms with van der Waals surface area (Å²) < 4.78 is 7.90. The molecule has 2 heterocycles. The van der Waals surface area contributed by atoms with Crippen molar-refractivity contribution in [2.45, 2.75) is 64.0 Å². The van der Waals surface area contributed by atoms with Crippen molar-refractivity contribution in [3.63, 3.8) is 0 Å². The fraction of sp³-hybridized carbons (Fsp3) is 0.615. The number of hydrogen-bond donors (Lipinski definition) is 1. The van der Waals surface area contributed by atoms with E-state index in [9.17, 15) is 9.59 Å². The number of hydrogen-bond acceptors (Lipinski definition) is 3. The van der Waals surface area contributed by atoms with Gasteiger partial charge >= 0.3 is 0 Å². The molecule has 32 heavy (non-hydrogen) atoms. The summed E-state index contributed by atoms with van der Waals surface area (Å²) in [5.41, 5.74) is 4.69. The van der Waals surface area contributed by atoms with Gasteiger partial charge < -0.3 is 19.5 Å². The van der Waals surface area contributed by atoms with Gasteiger partial charge in [0.25, 0.3) is 5.91 Å². The maximum Gasteiger partial charge on any atom is 0.254 e. The highest BCUT2D eigenvalue weighted by Gasteiger charge is 2.32. The van der Waals surface area contributed by atoms with Gasteiger partial charge in [-0.2, -0.15) is 0 Å². The van der Waals surface area contributed by atoms with Crippen molar-refractivity contribution >= 4 is 22.7 Å². The van der Waals surface area contributed by atoms with Gasteiger partial charge in [-0.3, -0.25) is 9.59 Å². The Morgan fingerprint density at radius 1 is 1.12 bits per heavy atom. The second kappa shape index (κ2) is 8.54. The molecule has 0 radical (unpaired) electrons. The van der Waals surface area contributed by atoms with E-state index in [1.54, 1.807) is 18.9 Å². The molecule has 1 saturated carbocycles. The third-order valence-corrected chi connectivity index (χ3v) is 8.04. The molecule has 1 saturated heterocycles. The monoisotopic (exact) mass is 437 g/mol. The van der Waals surface area contributed by atoms with Crippen molar-refractivity contribution in [2.75, 3.05) is 20.3 Å². The molecular formula is C26H35N3O3. The predicted molar refractivity (Wildman–Crippen MR) is 125 cm³/mol. The lowest BCUT2D eigenvalue weighted by Crippen LogP contribution is -2.46. The van der Waals surface area contributed by atoms with E-state index < -0.39 is 6.04 Å². The molecule has 172 valence electrons. The number of amides is 2. The van der Waals surface area contributed by atoms with Gasteiger partial charge in [0.05, 0.1) is 0 Å². The summed E-state index contributed by atoms with van der Waals surface area (Å²) in [4.78, 5) is 27.3. The average Bonchev–Trinajstić information content (AvgIpc) is 3.61. The van der Waals surface area contributed by atoms with Crippen LogP contribution in [0.1, 0.15) is 60.6 Å². The molecule has 3 aliphatic rings. The molecule has 2 aromatic rings. The Bertz CT molecular complexity index is 1030. The second-order valence-corrected chi connectivity index (χ2v) is 10.0. The second-order valence-electron chi connectivity index (χ2n) is 10.0. The molecule has 2 atom stereocenters. The molecule has 2 fully saturated rings. The predicted octanol–water partition coefficient (Wildman–Crippen LogP) is 3.45. The number of benzene rings is 1. The number of likely N-dealkylation sites (N-methyl/N-ethyl adjacent to an activating group) is 1. The first-order valence-electron chi connectivity index (χ1n) is 12.2. The van der Waals surface area contributed by atoms with Crippen LogP contribution in [0.15, 0.2) is 18.2 Å². The Kier molecular flexibility index (Phi) is 5.74. The van der Waals surface area contributed by atoms with E-state index >= 15 is 0 Å². The first kappa shape index (κ1) is 21.5. The first-order chi connectivity index (χ1) is 15.4. The van der Waals surface area contributed by atoms with Gasteiger partial charge in [-0.1, -0.05) is 0 Å². The zero-order valence-electron chi connectivity index (χ0n) is 19.5. The van der Waals surface area contributed by atoms with E-state index in [4.69, 9.17) is 4.74 Å². The van der Waals surface area contributed by atoms with Gasteiger partial charge in [0.15, 0.2) is 0 Å². The summed E-state index contributed by atoms with van der Waals surface area (Å²) in [7, 11) is 3.87. The SMILES string of the molecule is C[C@H](C(=O)NC1CC1)N(C)C(=O)c1ccc2c(c1)c1c(n2C)CCC(C2CCOCC2)C1. The number of aromatic nitrogens is 1. The molecule has 0 spiro atoms. The molecule has 1 aliphatic heterocycles. The van der Waals surface area contributed by atoms with E-state index in [1.807, 2.05) is 6.07 Å². The lowest BCUT2D eigenvalue weighted by atomic mass is 9.75. The van der Waals surface area contributed by atoms with Gasteiger partial charge in [-0.05, 0) is 87.5 Å². The standard InChI is InChI=1S/C26H35N3O3/c1-16(25(30)27-20-6-7-20)28(2)26(31)19-5-9-24-22(15-19)21-14-18(4-8-23(21)29(24)3)17-10-12-32-13-11-17/h5,9,15-18,20H,4,6-8,10-14H2,1-3H3,(H,27,30)/t16-,18?/m1/s1. The number of nitrogens with one attached hydrogen (secondary N) is 1. The zero-order valence-corrected chi connectivity index (χ0v) is 19.5. The van der Waals surface area contributed by atoms with Gasteiger partial charge in [0.2, 0.25) is 5.91 Å². The molecule has 5 rings (SSSR count). The molecule has 2 aliphatic carbocycles. The molecular weight excluding hydrogens is 402 g/mol. The number of fused-ring (bicyclic) bond motifs is 3. The van der Waals surface area contributed by atoms with Gasteiger partial charge in [0, 0.05) is 55.5 Å². The highest BCUT2D eigenvalue weighted by atomic mass is 16.5. The number of carbonyl (C=O) groups is 2. The van der Waals surface area contributed by atoms with Crippen LogP contribution in [0, 0.1) is 11.8 Å². The fourth-order valence-corrected chi connectivity index (χ4v) is 5.63. The third-order valence-electron chi connectivity index (χ3n) is 8.04. The summed E-state index contributed by atoms with van der Waals surface area (Å²) in [5, 5.41) is 4.21. The smallest absolute Gasteiger partial charge is 0.254 e. The average molecular weight is 438 g/mol. The van der Waals surface area contributed by atoms with Crippen LogP contribution in [-0.4, -0.2) is 53.6 Å². The summed E-state index contributed by atoms with van der Waals surface area (Å²) in [6, 6.07) is 5.86. The van der Waals surface area contributed by atoms with Crippen molar-refractivity contribution in [1.29, 1.82) is 0 Å². The Morgan fingerprint density at radius 3 is 2.59 bits per heavy atom. The van der Waals surface area contributed by atoms with Crippen molar-refractivity contribution in [2.24, 2.45) is 18.9 Å². The first-order valence-corrected chi connectivity index (χ1v) is 12.2. The molecule has 1 unspecified atom stereocenters. The van der Waals surface area contributed by atoms with E-state index in [1.165, 1.54) is 41.4 Å². The van der Waals surface area contributed by atoms with Crippen LogP contribution < -0.4 is 5.32 Å². The number of aryl methyl sites for hydroxylation is 1. The minimum atomic E-state index is -0.485. The van der Waals surface area contributed by atoms with Gasteiger partial charge in [-0.15, -0.1) is 0 Å². The summed E-state index contributed by atoms with van der Waals surface area (Å²) in [6.07, 6.45) is 7.85. The molecule has 1 aromatic carbocycles. The van der Waals surface area contributed by atoms with Crippen LogP contribution >= 0.6 is 0 Å². The van der Waals surface area contributed by atoms with Gasteiger partial charge in [-0.25, -0.2) is 0 Å². The summed E-state index contributed by atoms with van der Waals surface area (Å²) in [5.74, 6) is 1.28. The molecule has 0 bridgehead atoms. The maximum absolute atomic E-state index is 13.2. The van der Waals surface area contributed by atoms with E-state index in [-0.39, 0.29) is 11.8 Å². The Balaban J connectivity index is 1.39. The minimum Gasteiger partial charge on any atom is -0.381 e. The molecule has 6 heteroatoms. The van der Waals surface area contributed by atoms with Crippen molar-refractivity contribution < 1.29 is 14.3 Å². The van der Waals surface area contributed by atoms with E-state index in [0.717, 1.165) is 44.8 Å². The Morgan fingerprint density at radius 2 is 1.88 bits per heavy atom. The Labute approximate surface area is 190 Å². The number of rotatable bonds is 5. The molecule has 6 nitrogen and oxygen atoms in total. The van der Waals surface area contributed by atoms with Crippen LogP contribution in [0.25, 0.3) is 10.9 Å². The van der Waals surface area contributed by atoms with Crippen LogP contribution in [0.3, 0.4) is 0 Å². The summed E-state index contributed by atoms with van der Waals surface area (Å²) in [6.45, 7) is 3.58. The number of carbonyl (C=O) groups excluding carboxylic acids is 2. The summed E-state index contributed by atoms with van der Waals surface area (Å²) >= 11 is 0. The molecule has 1 N–H and O–H groups in total. The minimum absolute atomic E-state index is 0.0687. The molecule has 1 aromatic heterocycles. The molecule has 2 amide bonds. The third kappa shape index (κ3) is 3.94. The highest BCUT2D eigenvalue weighted by Crippen LogP contribution is 2.39. The van der Waals surface area contributed by atoms with Crippen molar-refractivity contribution in [3.05, 3.63) is 35.0 Å². The highest BCUT2D eigenvalue weighted by molar-refractivity contribution is 6.01. The van der Waals surface area contributed by atoms with Crippen LogP contribution in [0.5, 0.6) is 0 Å². The van der Waals surface area contributed by atoms with Crippen LogP contribution in [0.2, 0.25) is 0 Å². The Hall–Kier alpha value is -2.34. The zero-order chi connectivity index (χ0) is 22.4. The topological polar surface area (TPSA) is 63.6 Å². The quantitative estimate of drug-likeness (QED) is 0.779. The van der Waals surface area contributed by atoms with Crippen molar-refractivity contribution in [1.82, 2.24) is 14.8 Å². The largest absolute Gasteiger partial charge is 0.381 e. The number of nitrogens with zero attached hydrogens (tertiary/aromatic N) is 2. The van der Waals surface area contributed by atoms with Gasteiger partial charge in [0.1, 0.15) is 6.04 Å². The van der Waals surface area contributed by atoms with Crippen LogP contribution in [-0.2, 0) is 29.4 Å². The normalized spacial score (nSPS) is 22.4. The lowest BCUT2D eigenvalue weighted by molar-refractivity contribution is -0.124. The lowest BCUT2D eigenvalue weighted by Gasteiger charge is -2.33. The fourth-order valence-electron chi connectivity index (χ4n) is 5.63. The van der Waals surface area contributed by atoms with E-state index in [0.29, 0.717) is 17.5 Å².